The van der Waals surface area contributed by atoms with Gasteiger partial charge in [-0.05, 0) is 117 Å². The Kier molecular flexibility index (Phi) is 5.60. The van der Waals surface area contributed by atoms with Crippen molar-refractivity contribution in [2.75, 3.05) is 49.6 Å². The van der Waals surface area contributed by atoms with E-state index < -0.39 is 0 Å². The molecule has 4 heterocycles. The third kappa shape index (κ3) is 3.88. The molecule has 200 valence electrons. The largest absolute Gasteiger partial charge is 0.492 e. The Morgan fingerprint density at radius 3 is 2.33 bits per heavy atom. The number of rotatable bonds is 2. The molecule has 0 aromatic heterocycles. The number of amides is 2. The van der Waals surface area contributed by atoms with Crippen molar-refractivity contribution in [3.05, 3.63) is 76.3 Å². The highest BCUT2D eigenvalue weighted by Crippen LogP contribution is 2.49. The van der Waals surface area contributed by atoms with E-state index in [1.807, 2.05) is 21.9 Å². The van der Waals surface area contributed by atoms with Crippen LogP contribution in [0, 0.1) is 6.92 Å². The molecule has 4 aliphatic heterocycles. The summed E-state index contributed by atoms with van der Waals surface area (Å²) >= 11 is 0. The van der Waals surface area contributed by atoms with Crippen LogP contribution in [0.5, 0.6) is 5.75 Å². The van der Waals surface area contributed by atoms with Crippen LogP contribution in [-0.2, 0) is 23.1 Å². The number of aryl methyl sites for hydroxylation is 1. The molecule has 7 rings (SSSR count). The fraction of sp³-hybridized carbons (Fsp3) is 0.394. The van der Waals surface area contributed by atoms with Crippen LogP contribution in [0.15, 0.2) is 48.5 Å². The van der Waals surface area contributed by atoms with Gasteiger partial charge in [0.15, 0.2) is 0 Å². The molecule has 0 unspecified atom stereocenters. The van der Waals surface area contributed by atoms with Crippen molar-refractivity contribution in [1.29, 1.82) is 0 Å². The first kappa shape index (κ1) is 24.4. The van der Waals surface area contributed by atoms with E-state index in [9.17, 15) is 9.59 Å². The zero-order valence-electron chi connectivity index (χ0n) is 23.0. The van der Waals surface area contributed by atoms with E-state index in [2.05, 4.69) is 55.3 Å². The van der Waals surface area contributed by atoms with Crippen molar-refractivity contribution in [3.8, 4) is 16.9 Å². The summed E-state index contributed by atoms with van der Waals surface area (Å²) in [5.74, 6) is 1.17. The molecule has 2 amide bonds. The third-order valence-electron chi connectivity index (χ3n) is 9.48. The maximum Gasteiger partial charge on any atom is 0.258 e. The minimum absolute atomic E-state index is 0.0609. The highest BCUT2D eigenvalue weighted by Gasteiger charge is 2.44. The van der Waals surface area contributed by atoms with Gasteiger partial charge in [-0.3, -0.25) is 9.59 Å². The van der Waals surface area contributed by atoms with Crippen molar-refractivity contribution in [2.45, 2.75) is 44.9 Å². The normalized spacial score (nSPS) is 19.2. The molecule has 0 atom stereocenters. The smallest absolute Gasteiger partial charge is 0.258 e. The summed E-state index contributed by atoms with van der Waals surface area (Å²) in [6, 6.07) is 16.9. The van der Waals surface area contributed by atoms with E-state index in [1.54, 1.807) is 6.92 Å². The molecule has 3 aromatic carbocycles. The SMILES string of the molecule is CC(=O)N1CCc2cc(-c3ccc(C(=O)N4CCc5cc6c(cc54)C4(CCN(C)CC4)CO6)cc3C)ccc21. The molecule has 1 fully saturated rings. The molecular formula is C33H35N3O3. The van der Waals surface area contributed by atoms with E-state index in [4.69, 9.17) is 4.74 Å². The first-order valence-electron chi connectivity index (χ1n) is 14.2. The summed E-state index contributed by atoms with van der Waals surface area (Å²) in [6.45, 7) is 8.04. The summed E-state index contributed by atoms with van der Waals surface area (Å²) in [5.41, 5.74) is 9.89. The molecular weight excluding hydrogens is 486 g/mol. The van der Waals surface area contributed by atoms with Crippen molar-refractivity contribution in [1.82, 2.24) is 4.90 Å². The topological polar surface area (TPSA) is 53.1 Å². The van der Waals surface area contributed by atoms with Crippen LogP contribution >= 0.6 is 0 Å². The number of piperidine rings is 1. The van der Waals surface area contributed by atoms with Gasteiger partial charge in [-0.2, -0.15) is 0 Å². The maximum absolute atomic E-state index is 13.8. The number of hydrogen-bond acceptors (Lipinski definition) is 4. The van der Waals surface area contributed by atoms with E-state index >= 15 is 0 Å². The van der Waals surface area contributed by atoms with Crippen LogP contribution < -0.4 is 14.5 Å². The van der Waals surface area contributed by atoms with E-state index in [0.717, 1.165) is 91.3 Å². The second-order valence-electron chi connectivity index (χ2n) is 11.8. The standard InChI is InChI=1S/C33H35N3O3/c1-21-16-26(4-6-27(21)23-5-7-29-24(17-23)8-12-35(29)22(2)37)32(38)36-13-9-25-18-31-28(19-30(25)36)33(20-39-31)10-14-34(3)15-11-33/h4-7,16-19H,8-15,20H2,1-3H3. The monoisotopic (exact) mass is 521 g/mol. The Hall–Kier alpha value is -3.64. The second-order valence-corrected chi connectivity index (χ2v) is 11.8. The lowest BCUT2D eigenvalue weighted by molar-refractivity contribution is -0.116. The number of carbonyl (C=O) groups is 2. The molecule has 0 saturated carbocycles. The molecule has 3 aromatic rings. The minimum atomic E-state index is 0.0609. The molecule has 1 spiro atoms. The fourth-order valence-electron chi connectivity index (χ4n) is 7.09. The van der Waals surface area contributed by atoms with Gasteiger partial charge in [0.1, 0.15) is 5.75 Å². The molecule has 0 radical (unpaired) electrons. The summed E-state index contributed by atoms with van der Waals surface area (Å²) in [7, 11) is 2.19. The van der Waals surface area contributed by atoms with Gasteiger partial charge >= 0.3 is 0 Å². The summed E-state index contributed by atoms with van der Waals surface area (Å²) in [6.07, 6.45) is 3.93. The highest BCUT2D eigenvalue weighted by molar-refractivity contribution is 6.08. The maximum atomic E-state index is 13.8. The number of ether oxygens (including phenoxy) is 1. The minimum Gasteiger partial charge on any atom is -0.492 e. The number of benzene rings is 3. The lowest BCUT2D eigenvalue weighted by atomic mass is 9.74. The van der Waals surface area contributed by atoms with Gasteiger partial charge in [0.05, 0.1) is 6.61 Å². The number of carbonyl (C=O) groups excluding carboxylic acids is 2. The van der Waals surface area contributed by atoms with Gasteiger partial charge in [0, 0.05) is 47.9 Å². The summed E-state index contributed by atoms with van der Waals surface area (Å²) in [4.78, 5) is 32.0. The molecule has 39 heavy (non-hydrogen) atoms. The highest BCUT2D eigenvalue weighted by atomic mass is 16.5. The summed E-state index contributed by atoms with van der Waals surface area (Å²) in [5, 5.41) is 0. The zero-order chi connectivity index (χ0) is 26.9. The van der Waals surface area contributed by atoms with Gasteiger partial charge in [0.2, 0.25) is 5.91 Å². The number of nitrogens with zero attached hydrogens (tertiary/aromatic N) is 3. The van der Waals surface area contributed by atoms with Crippen molar-refractivity contribution >= 4 is 23.2 Å². The molecule has 0 bridgehead atoms. The average Bonchev–Trinajstić information content (AvgIpc) is 3.64. The second kappa shape index (κ2) is 8.95. The lowest BCUT2D eigenvalue weighted by Crippen LogP contribution is -2.42. The van der Waals surface area contributed by atoms with E-state index in [1.165, 1.54) is 16.7 Å². The van der Waals surface area contributed by atoms with Gasteiger partial charge in [0.25, 0.3) is 5.91 Å². The van der Waals surface area contributed by atoms with Crippen molar-refractivity contribution < 1.29 is 14.3 Å². The number of likely N-dealkylation sites (tertiary alicyclic amines) is 1. The Labute approximate surface area is 230 Å². The number of fused-ring (bicyclic) bond motifs is 4. The first-order valence-corrected chi connectivity index (χ1v) is 14.2. The van der Waals surface area contributed by atoms with Crippen LogP contribution in [0.4, 0.5) is 11.4 Å². The molecule has 1 saturated heterocycles. The van der Waals surface area contributed by atoms with Crippen LogP contribution in [-0.4, -0.2) is 56.5 Å². The predicted octanol–water partition coefficient (Wildman–Crippen LogP) is 5.13. The number of anilines is 2. The molecule has 6 nitrogen and oxygen atoms in total. The third-order valence-corrected chi connectivity index (χ3v) is 9.48. The number of hydrogen-bond donors (Lipinski definition) is 0. The van der Waals surface area contributed by atoms with Crippen molar-refractivity contribution in [3.63, 3.8) is 0 Å². The fourth-order valence-corrected chi connectivity index (χ4v) is 7.09. The average molecular weight is 522 g/mol. The van der Waals surface area contributed by atoms with E-state index in [-0.39, 0.29) is 17.2 Å². The van der Waals surface area contributed by atoms with Gasteiger partial charge in [-0.15, -0.1) is 0 Å². The van der Waals surface area contributed by atoms with Crippen LogP contribution in [0.2, 0.25) is 0 Å². The van der Waals surface area contributed by atoms with Crippen LogP contribution in [0.1, 0.15) is 52.4 Å². The van der Waals surface area contributed by atoms with Crippen molar-refractivity contribution in [2.24, 2.45) is 0 Å². The Balaban J connectivity index is 1.16. The Bertz CT molecular complexity index is 1520. The predicted molar refractivity (Wildman–Crippen MR) is 154 cm³/mol. The zero-order valence-corrected chi connectivity index (χ0v) is 23.0. The molecule has 4 aliphatic rings. The Morgan fingerprint density at radius 1 is 0.846 bits per heavy atom. The first-order chi connectivity index (χ1) is 18.8. The Morgan fingerprint density at radius 2 is 1.59 bits per heavy atom. The van der Waals surface area contributed by atoms with Gasteiger partial charge in [-0.1, -0.05) is 12.1 Å². The molecule has 0 aliphatic carbocycles. The van der Waals surface area contributed by atoms with Gasteiger partial charge < -0.3 is 19.4 Å². The molecule has 0 N–H and O–H groups in total. The van der Waals surface area contributed by atoms with Gasteiger partial charge in [-0.25, -0.2) is 0 Å². The van der Waals surface area contributed by atoms with Crippen LogP contribution in [0.25, 0.3) is 11.1 Å². The van der Waals surface area contributed by atoms with Crippen LogP contribution in [0.3, 0.4) is 0 Å². The summed E-state index contributed by atoms with van der Waals surface area (Å²) < 4.78 is 6.21. The van der Waals surface area contributed by atoms with E-state index in [0.29, 0.717) is 6.54 Å². The molecule has 6 heteroatoms. The quantitative estimate of drug-likeness (QED) is 0.469. The lowest BCUT2D eigenvalue weighted by Gasteiger charge is -2.37.